The summed E-state index contributed by atoms with van der Waals surface area (Å²) in [7, 11) is 1.70. The van der Waals surface area contributed by atoms with Gasteiger partial charge in [0.05, 0.1) is 12.3 Å². The van der Waals surface area contributed by atoms with Crippen LogP contribution in [0.1, 0.15) is 19.3 Å². The molecule has 6 heteroatoms. The van der Waals surface area contributed by atoms with Crippen molar-refractivity contribution in [2.45, 2.75) is 31.4 Å². The molecule has 0 bridgehead atoms. The third-order valence-electron chi connectivity index (χ3n) is 4.14. The summed E-state index contributed by atoms with van der Waals surface area (Å²) in [6.45, 7) is 2.45. The molecule has 108 valence electrons. The zero-order chi connectivity index (χ0) is 13.9. The lowest BCUT2D eigenvalue weighted by atomic mass is 10.1. The van der Waals surface area contributed by atoms with Crippen LogP contribution in [-0.4, -0.2) is 59.7 Å². The molecule has 2 atom stereocenters. The number of hydrogen-bond donors (Lipinski definition) is 0. The largest absolute Gasteiger partial charge is 0.380 e. The van der Waals surface area contributed by atoms with E-state index in [1.54, 1.807) is 25.7 Å². The highest BCUT2D eigenvalue weighted by atomic mass is 16.5. The summed E-state index contributed by atoms with van der Waals surface area (Å²) in [5, 5.41) is 0. The SMILES string of the molecule is CO[C@H]1C[C@@H](C(=O)N2CCCC2)N(c2cnccn2)C1. The van der Waals surface area contributed by atoms with Gasteiger partial charge in [-0.3, -0.25) is 9.78 Å². The Balaban J connectivity index is 1.80. The van der Waals surface area contributed by atoms with E-state index in [1.165, 1.54) is 0 Å². The summed E-state index contributed by atoms with van der Waals surface area (Å²) >= 11 is 0. The fourth-order valence-corrected chi connectivity index (χ4v) is 3.04. The molecule has 0 N–H and O–H groups in total. The van der Waals surface area contributed by atoms with Crippen LogP contribution in [-0.2, 0) is 9.53 Å². The minimum Gasteiger partial charge on any atom is -0.380 e. The Morgan fingerprint density at radius 1 is 1.35 bits per heavy atom. The summed E-state index contributed by atoms with van der Waals surface area (Å²) < 4.78 is 5.45. The van der Waals surface area contributed by atoms with Crippen LogP contribution in [0.25, 0.3) is 0 Å². The number of aromatic nitrogens is 2. The van der Waals surface area contributed by atoms with Crippen molar-refractivity contribution in [1.82, 2.24) is 14.9 Å². The minimum absolute atomic E-state index is 0.0774. The molecular weight excluding hydrogens is 256 g/mol. The summed E-state index contributed by atoms with van der Waals surface area (Å²) in [5.74, 6) is 0.956. The number of carbonyl (C=O) groups is 1. The molecule has 0 aromatic carbocycles. The van der Waals surface area contributed by atoms with Gasteiger partial charge in [0.2, 0.25) is 5.91 Å². The van der Waals surface area contributed by atoms with E-state index in [0.29, 0.717) is 6.54 Å². The molecule has 1 aromatic rings. The van der Waals surface area contributed by atoms with Gasteiger partial charge in [0.15, 0.2) is 0 Å². The maximum atomic E-state index is 12.7. The Bertz CT molecular complexity index is 462. The number of amides is 1. The van der Waals surface area contributed by atoms with Crippen molar-refractivity contribution in [2.75, 3.05) is 31.6 Å². The van der Waals surface area contributed by atoms with Gasteiger partial charge in [0.1, 0.15) is 11.9 Å². The number of rotatable bonds is 3. The fraction of sp³-hybridized carbons (Fsp3) is 0.643. The predicted octanol–water partition coefficient (Wildman–Crippen LogP) is 0.693. The molecule has 6 nitrogen and oxygen atoms in total. The van der Waals surface area contributed by atoms with Crippen LogP contribution in [0, 0.1) is 0 Å². The number of likely N-dealkylation sites (tertiary alicyclic amines) is 1. The van der Waals surface area contributed by atoms with Crippen LogP contribution >= 0.6 is 0 Å². The van der Waals surface area contributed by atoms with Crippen molar-refractivity contribution in [3.05, 3.63) is 18.6 Å². The maximum Gasteiger partial charge on any atom is 0.245 e. The minimum atomic E-state index is -0.172. The molecule has 2 aliphatic heterocycles. The maximum absolute atomic E-state index is 12.7. The van der Waals surface area contributed by atoms with Gasteiger partial charge in [-0.2, -0.15) is 0 Å². The lowest BCUT2D eigenvalue weighted by Gasteiger charge is -2.27. The van der Waals surface area contributed by atoms with Crippen molar-refractivity contribution in [2.24, 2.45) is 0 Å². The molecular formula is C14H20N4O2. The molecule has 3 rings (SSSR count). The number of nitrogens with zero attached hydrogens (tertiary/aromatic N) is 4. The third-order valence-corrected chi connectivity index (χ3v) is 4.14. The molecule has 2 fully saturated rings. The number of methoxy groups -OCH3 is 1. The highest BCUT2D eigenvalue weighted by molar-refractivity contribution is 5.86. The van der Waals surface area contributed by atoms with Gasteiger partial charge in [-0.25, -0.2) is 4.98 Å². The predicted molar refractivity (Wildman–Crippen MR) is 74.4 cm³/mol. The van der Waals surface area contributed by atoms with Crippen molar-refractivity contribution < 1.29 is 9.53 Å². The standard InChI is InChI=1S/C14H20N4O2/c1-20-11-8-12(14(19)17-6-2-3-7-17)18(10-11)13-9-15-4-5-16-13/h4-5,9,11-12H,2-3,6-8,10H2,1H3/t11-,12-/m0/s1. The Morgan fingerprint density at radius 3 is 2.80 bits per heavy atom. The smallest absolute Gasteiger partial charge is 0.245 e. The van der Waals surface area contributed by atoms with Gasteiger partial charge in [-0.05, 0) is 12.8 Å². The lowest BCUT2D eigenvalue weighted by Crippen LogP contribution is -2.45. The van der Waals surface area contributed by atoms with Crippen LogP contribution in [0.5, 0.6) is 0 Å². The van der Waals surface area contributed by atoms with Crippen molar-refractivity contribution in [3.8, 4) is 0 Å². The average molecular weight is 276 g/mol. The molecule has 1 aromatic heterocycles. The van der Waals surface area contributed by atoms with Crippen LogP contribution in [0.2, 0.25) is 0 Å². The monoisotopic (exact) mass is 276 g/mol. The van der Waals surface area contributed by atoms with Crippen molar-refractivity contribution >= 4 is 11.7 Å². The van der Waals surface area contributed by atoms with Crippen molar-refractivity contribution in [1.29, 1.82) is 0 Å². The van der Waals surface area contributed by atoms with Gasteiger partial charge in [0.25, 0.3) is 0 Å². The van der Waals surface area contributed by atoms with E-state index in [0.717, 1.165) is 38.2 Å². The molecule has 20 heavy (non-hydrogen) atoms. The van der Waals surface area contributed by atoms with Gasteiger partial charge in [0, 0.05) is 45.6 Å². The second-order valence-corrected chi connectivity index (χ2v) is 5.36. The van der Waals surface area contributed by atoms with Crippen molar-refractivity contribution in [3.63, 3.8) is 0 Å². The normalized spacial score (nSPS) is 26.2. The van der Waals surface area contributed by atoms with Crippen LogP contribution in [0.4, 0.5) is 5.82 Å². The average Bonchev–Trinajstić information content (AvgIpc) is 3.17. The van der Waals surface area contributed by atoms with E-state index in [-0.39, 0.29) is 18.1 Å². The molecule has 1 amide bonds. The second kappa shape index (κ2) is 5.75. The summed E-state index contributed by atoms with van der Waals surface area (Å²) in [5.41, 5.74) is 0. The van der Waals surface area contributed by atoms with E-state index in [1.807, 2.05) is 9.80 Å². The summed E-state index contributed by atoms with van der Waals surface area (Å²) in [6, 6.07) is -0.172. The Morgan fingerprint density at radius 2 is 2.15 bits per heavy atom. The topological polar surface area (TPSA) is 58.6 Å². The number of anilines is 1. The molecule has 2 aliphatic rings. The molecule has 0 radical (unpaired) electrons. The van der Waals surface area contributed by atoms with E-state index in [2.05, 4.69) is 9.97 Å². The molecule has 0 aliphatic carbocycles. The molecule has 0 saturated carbocycles. The van der Waals surface area contributed by atoms with E-state index >= 15 is 0 Å². The van der Waals surface area contributed by atoms with Gasteiger partial charge < -0.3 is 14.5 Å². The highest BCUT2D eigenvalue weighted by Gasteiger charge is 2.40. The van der Waals surface area contributed by atoms with Gasteiger partial charge in [-0.15, -0.1) is 0 Å². The fourth-order valence-electron chi connectivity index (χ4n) is 3.04. The Kier molecular flexibility index (Phi) is 3.82. The Hall–Kier alpha value is -1.69. The molecule has 2 saturated heterocycles. The zero-order valence-corrected chi connectivity index (χ0v) is 11.7. The Labute approximate surface area is 118 Å². The van der Waals surface area contributed by atoms with Gasteiger partial charge >= 0.3 is 0 Å². The first-order valence-electron chi connectivity index (χ1n) is 7.14. The lowest BCUT2D eigenvalue weighted by molar-refractivity contribution is -0.131. The van der Waals surface area contributed by atoms with E-state index < -0.39 is 0 Å². The highest BCUT2D eigenvalue weighted by Crippen LogP contribution is 2.27. The number of hydrogen-bond acceptors (Lipinski definition) is 5. The first-order valence-corrected chi connectivity index (χ1v) is 7.14. The second-order valence-electron chi connectivity index (χ2n) is 5.36. The zero-order valence-electron chi connectivity index (χ0n) is 11.7. The van der Waals surface area contributed by atoms with Gasteiger partial charge in [-0.1, -0.05) is 0 Å². The first-order chi connectivity index (χ1) is 9.79. The molecule has 0 spiro atoms. The molecule has 3 heterocycles. The van der Waals surface area contributed by atoms with Crippen LogP contribution in [0.3, 0.4) is 0 Å². The van der Waals surface area contributed by atoms with E-state index in [9.17, 15) is 4.79 Å². The number of ether oxygens (including phenoxy) is 1. The van der Waals surface area contributed by atoms with Crippen LogP contribution < -0.4 is 4.90 Å². The summed E-state index contributed by atoms with van der Waals surface area (Å²) in [4.78, 5) is 25.1. The first kappa shape index (κ1) is 13.3. The number of carbonyl (C=O) groups excluding carboxylic acids is 1. The van der Waals surface area contributed by atoms with Crippen LogP contribution in [0.15, 0.2) is 18.6 Å². The molecule has 0 unspecified atom stereocenters. The quantitative estimate of drug-likeness (QED) is 0.813. The third kappa shape index (κ3) is 2.47. The van der Waals surface area contributed by atoms with E-state index in [4.69, 9.17) is 4.74 Å². The summed E-state index contributed by atoms with van der Waals surface area (Å²) in [6.07, 6.45) is 8.03.